The van der Waals surface area contributed by atoms with Gasteiger partial charge in [0.2, 0.25) is 0 Å². The fourth-order valence-corrected chi connectivity index (χ4v) is 3.07. The molecular formula is C15H18N2O2. The number of carboxylic acids is 1. The normalized spacial score (nSPS) is 19.6. The number of carbonyl (C=O) groups is 1. The van der Waals surface area contributed by atoms with Gasteiger partial charge in [-0.25, -0.2) is 0 Å². The number of hydrogen-bond acceptors (Lipinski definition) is 2. The summed E-state index contributed by atoms with van der Waals surface area (Å²) in [7, 11) is 2.04. The molecule has 1 saturated heterocycles. The maximum atomic E-state index is 11.9. The minimum Gasteiger partial charge on any atom is -0.481 e. The van der Waals surface area contributed by atoms with E-state index in [9.17, 15) is 9.90 Å². The quantitative estimate of drug-likeness (QED) is 0.868. The molecule has 100 valence electrons. The summed E-state index contributed by atoms with van der Waals surface area (Å²) in [4.78, 5) is 17.3. The van der Waals surface area contributed by atoms with Gasteiger partial charge in [0.25, 0.3) is 0 Å². The maximum absolute atomic E-state index is 11.9. The van der Waals surface area contributed by atoms with Gasteiger partial charge >= 0.3 is 5.97 Å². The fraction of sp³-hybridized carbons (Fsp3) is 0.400. The van der Waals surface area contributed by atoms with E-state index in [4.69, 9.17) is 0 Å². The Balaban J connectivity index is 2.13. The molecule has 0 bridgehead atoms. The van der Waals surface area contributed by atoms with Gasteiger partial charge in [0.05, 0.1) is 5.41 Å². The number of aromatic nitrogens is 1. The standard InChI is InChI=1S/C15H18N2O2/c1-17-8-6-15(7-9-17,14(18)19)12-10-16-13-5-3-2-4-11(12)13/h2-5,10,16H,6-9H2,1H3,(H,18,19). The molecule has 4 nitrogen and oxygen atoms in total. The van der Waals surface area contributed by atoms with Crippen LogP contribution in [0.2, 0.25) is 0 Å². The zero-order valence-electron chi connectivity index (χ0n) is 11.0. The van der Waals surface area contributed by atoms with Crippen LogP contribution in [0.25, 0.3) is 10.9 Å². The second-order valence-corrected chi connectivity index (χ2v) is 5.44. The number of hydrogen-bond donors (Lipinski definition) is 2. The summed E-state index contributed by atoms with van der Waals surface area (Å²) in [5, 5.41) is 10.8. The molecule has 0 saturated carbocycles. The summed E-state index contributed by atoms with van der Waals surface area (Å²) < 4.78 is 0. The zero-order valence-corrected chi connectivity index (χ0v) is 11.0. The van der Waals surface area contributed by atoms with Crippen LogP contribution in [0.3, 0.4) is 0 Å². The summed E-state index contributed by atoms with van der Waals surface area (Å²) in [6.45, 7) is 1.65. The van der Waals surface area contributed by atoms with E-state index in [1.165, 1.54) is 0 Å². The first-order valence-corrected chi connectivity index (χ1v) is 6.62. The minimum atomic E-state index is -0.744. The average Bonchev–Trinajstić information content (AvgIpc) is 2.84. The van der Waals surface area contributed by atoms with Crippen molar-refractivity contribution >= 4 is 16.9 Å². The molecule has 0 radical (unpaired) electrons. The zero-order chi connectivity index (χ0) is 13.5. The first-order chi connectivity index (χ1) is 9.13. The average molecular weight is 258 g/mol. The number of nitrogens with one attached hydrogen (secondary N) is 1. The summed E-state index contributed by atoms with van der Waals surface area (Å²) in [6.07, 6.45) is 3.21. The smallest absolute Gasteiger partial charge is 0.314 e. The largest absolute Gasteiger partial charge is 0.481 e. The monoisotopic (exact) mass is 258 g/mol. The van der Waals surface area contributed by atoms with Crippen LogP contribution >= 0.6 is 0 Å². The Morgan fingerprint density at radius 3 is 2.68 bits per heavy atom. The number of aliphatic carboxylic acids is 1. The molecule has 0 spiro atoms. The highest BCUT2D eigenvalue weighted by Gasteiger charge is 2.43. The lowest BCUT2D eigenvalue weighted by Crippen LogP contribution is -2.46. The Kier molecular flexibility index (Phi) is 2.82. The highest BCUT2D eigenvalue weighted by atomic mass is 16.4. The summed E-state index contributed by atoms with van der Waals surface area (Å²) in [5.74, 6) is -0.703. The first kappa shape index (κ1) is 12.2. The predicted molar refractivity (Wildman–Crippen MR) is 74.3 cm³/mol. The molecule has 1 aromatic heterocycles. The van der Waals surface area contributed by atoms with Crippen molar-refractivity contribution in [3.05, 3.63) is 36.0 Å². The molecule has 2 aromatic rings. The van der Waals surface area contributed by atoms with Crippen molar-refractivity contribution in [2.24, 2.45) is 0 Å². The lowest BCUT2D eigenvalue weighted by atomic mass is 9.73. The molecule has 0 amide bonds. The van der Waals surface area contributed by atoms with E-state index < -0.39 is 11.4 Å². The van der Waals surface area contributed by atoms with Crippen molar-refractivity contribution in [3.63, 3.8) is 0 Å². The lowest BCUT2D eigenvalue weighted by molar-refractivity contribution is -0.145. The number of aromatic amines is 1. The highest BCUT2D eigenvalue weighted by Crippen LogP contribution is 2.39. The molecule has 3 rings (SSSR count). The third-order valence-electron chi connectivity index (χ3n) is 4.35. The minimum absolute atomic E-state index is 0.667. The molecule has 0 atom stereocenters. The fourth-order valence-electron chi connectivity index (χ4n) is 3.07. The van der Waals surface area contributed by atoms with Crippen LogP contribution in [0, 0.1) is 0 Å². The van der Waals surface area contributed by atoms with Gasteiger partial charge in [-0.15, -0.1) is 0 Å². The summed E-state index contributed by atoms with van der Waals surface area (Å²) in [6, 6.07) is 7.92. The van der Waals surface area contributed by atoms with E-state index in [1.54, 1.807) is 0 Å². The van der Waals surface area contributed by atoms with E-state index in [2.05, 4.69) is 9.88 Å². The van der Waals surface area contributed by atoms with Crippen LogP contribution in [0.5, 0.6) is 0 Å². The van der Waals surface area contributed by atoms with Crippen LogP contribution in [-0.2, 0) is 10.2 Å². The van der Waals surface area contributed by atoms with Crippen molar-refractivity contribution < 1.29 is 9.90 Å². The van der Waals surface area contributed by atoms with Crippen LogP contribution < -0.4 is 0 Å². The number of carboxylic acid groups (broad SMARTS) is 1. The predicted octanol–water partition coefficient (Wildman–Crippen LogP) is 2.22. The number of fused-ring (bicyclic) bond motifs is 1. The van der Waals surface area contributed by atoms with Gasteiger partial charge in [0, 0.05) is 17.1 Å². The number of H-pyrrole nitrogens is 1. The first-order valence-electron chi connectivity index (χ1n) is 6.62. The molecule has 1 aromatic carbocycles. The Morgan fingerprint density at radius 2 is 2.00 bits per heavy atom. The van der Waals surface area contributed by atoms with E-state index in [0.717, 1.165) is 29.6 Å². The molecule has 19 heavy (non-hydrogen) atoms. The van der Waals surface area contributed by atoms with E-state index in [1.807, 2.05) is 37.5 Å². The summed E-state index contributed by atoms with van der Waals surface area (Å²) in [5.41, 5.74) is 1.20. The SMILES string of the molecule is CN1CCC(C(=O)O)(c2c[nH]c3ccccc23)CC1. The van der Waals surface area contributed by atoms with Crippen molar-refractivity contribution in [1.82, 2.24) is 9.88 Å². The van der Waals surface area contributed by atoms with Crippen molar-refractivity contribution in [2.45, 2.75) is 18.3 Å². The molecule has 1 fully saturated rings. The third kappa shape index (κ3) is 1.83. The Morgan fingerprint density at radius 1 is 1.32 bits per heavy atom. The van der Waals surface area contributed by atoms with Crippen LogP contribution in [-0.4, -0.2) is 41.1 Å². The van der Waals surface area contributed by atoms with Gasteiger partial charge in [0.15, 0.2) is 0 Å². The van der Waals surface area contributed by atoms with Crippen molar-refractivity contribution in [3.8, 4) is 0 Å². The molecule has 2 heterocycles. The second kappa shape index (κ2) is 4.38. The van der Waals surface area contributed by atoms with E-state index in [0.29, 0.717) is 12.8 Å². The molecule has 2 N–H and O–H groups in total. The number of benzene rings is 1. The van der Waals surface area contributed by atoms with Gasteiger partial charge in [0.1, 0.15) is 0 Å². The van der Waals surface area contributed by atoms with Gasteiger partial charge in [-0.1, -0.05) is 18.2 Å². The molecule has 0 aliphatic carbocycles. The highest BCUT2D eigenvalue weighted by molar-refractivity contribution is 5.92. The second-order valence-electron chi connectivity index (χ2n) is 5.44. The molecule has 1 aliphatic rings. The Labute approximate surface area is 112 Å². The van der Waals surface area contributed by atoms with Crippen molar-refractivity contribution in [2.75, 3.05) is 20.1 Å². The Hall–Kier alpha value is -1.81. The maximum Gasteiger partial charge on any atom is 0.314 e. The van der Waals surface area contributed by atoms with Crippen LogP contribution in [0.4, 0.5) is 0 Å². The number of piperidine rings is 1. The Bertz CT molecular complexity index is 609. The van der Waals surface area contributed by atoms with E-state index in [-0.39, 0.29) is 0 Å². The van der Waals surface area contributed by atoms with Gasteiger partial charge in [-0.2, -0.15) is 0 Å². The summed E-state index contributed by atoms with van der Waals surface area (Å²) >= 11 is 0. The number of nitrogens with zero attached hydrogens (tertiary/aromatic N) is 1. The van der Waals surface area contributed by atoms with Gasteiger partial charge in [-0.3, -0.25) is 4.79 Å². The van der Waals surface area contributed by atoms with Crippen LogP contribution in [0.1, 0.15) is 18.4 Å². The number of rotatable bonds is 2. The lowest BCUT2D eigenvalue weighted by Gasteiger charge is -2.37. The van der Waals surface area contributed by atoms with Crippen LogP contribution in [0.15, 0.2) is 30.5 Å². The number of para-hydroxylation sites is 1. The molecule has 4 heteroatoms. The molecule has 1 aliphatic heterocycles. The third-order valence-corrected chi connectivity index (χ3v) is 4.35. The van der Waals surface area contributed by atoms with E-state index >= 15 is 0 Å². The topological polar surface area (TPSA) is 56.3 Å². The van der Waals surface area contributed by atoms with Crippen molar-refractivity contribution in [1.29, 1.82) is 0 Å². The van der Waals surface area contributed by atoms with Gasteiger partial charge in [-0.05, 0) is 44.6 Å². The number of likely N-dealkylation sites (tertiary alicyclic amines) is 1. The molecular weight excluding hydrogens is 240 g/mol. The van der Waals surface area contributed by atoms with Gasteiger partial charge < -0.3 is 15.0 Å². The molecule has 0 unspecified atom stereocenters.